The molecule has 0 aromatic rings. The van der Waals surface area contributed by atoms with Gasteiger partial charge in [0.2, 0.25) is 0 Å². The Labute approximate surface area is 62.9 Å². The predicted octanol–water partition coefficient (Wildman–Crippen LogP) is -1.51. The van der Waals surface area contributed by atoms with E-state index in [4.69, 9.17) is 11.5 Å². The van der Waals surface area contributed by atoms with Crippen LogP contribution >= 0.6 is 0 Å². The van der Waals surface area contributed by atoms with E-state index in [2.05, 4.69) is 5.32 Å². The summed E-state index contributed by atoms with van der Waals surface area (Å²) < 4.78 is 0. The van der Waals surface area contributed by atoms with Crippen molar-refractivity contribution >= 4 is 0 Å². The summed E-state index contributed by atoms with van der Waals surface area (Å²) in [7, 11) is 0. The van der Waals surface area contributed by atoms with Crippen LogP contribution in [0.25, 0.3) is 0 Å². The van der Waals surface area contributed by atoms with Crippen LogP contribution in [0.4, 0.5) is 0 Å². The van der Waals surface area contributed by atoms with Gasteiger partial charge in [0, 0.05) is 45.7 Å². The van der Waals surface area contributed by atoms with E-state index in [9.17, 15) is 0 Å². The Morgan fingerprint density at radius 1 is 1.00 bits per heavy atom. The molecule has 8 heavy (non-hydrogen) atoms. The molecule has 0 heterocycles. The zero-order chi connectivity index (χ0) is 5.54. The van der Waals surface area contributed by atoms with Crippen molar-refractivity contribution in [3.63, 3.8) is 0 Å². The van der Waals surface area contributed by atoms with Gasteiger partial charge >= 0.3 is 0 Å². The summed E-state index contributed by atoms with van der Waals surface area (Å²) >= 11 is 0. The molecule has 0 aliphatic carbocycles. The third-order valence-corrected chi connectivity index (χ3v) is 0.642. The van der Waals surface area contributed by atoms with Gasteiger partial charge < -0.3 is 16.8 Å². The first-order chi connectivity index (χ1) is 3.41. The molecule has 0 amide bonds. The molecule has 0 saturated heterocycles. The number of rotatable bonds is 4. The second-order valence-corrected chi connectivity index (χ2v) is 1.33. The van der Waals surface area contributed by atoms with Crippen LogP contribution in [0.5, 0.6) is 0 Å². The standard InChI is InChI=1S/C4H13N3.Zn/c5-1-3-7-4-2-6;/h7H,1-6H2;. The van der Waals surface area contributed by atoms with E-state index in [1.807, 2.05) is 0 Å². The molecule has 46 valence electrons. The second-order valence-electron chi connectivity index (χ2n) is 1.33. The van der Waals surface area contributed by atoms with Crippen LogP contribution in [0.1, 0.15) is 0 Å². The molecule has 0 radical (unpaired) electrons. The van der Waals surface area contributed by atoms with Crippen molar-refractivity contribution in [2.24, 2.45) is 11.5 Å². The van der Waals surface area contributed by atoms with Crippen molar-refractivity contribution in [2.45, 2.75) is 0 Å². The third-order valence-electron chi connectivity index (χ3n) is 0.642. The molecule has 0 saturated carbocycles. The maximum absolute atomic E-state index is 5.17. The van der Waals surface area contributed by atoms with Crippen molar-refractivity contribution in [3.8, 4) is 0 Å². The van der Waals surface area contributed by atoms with E-state index in [1.165, 1.54) is 0 Å². The van der Waals surface area contributed by atoms with Crippen LogP contribution in [0.15, 0.2) is 0 Å². The maximum Gasteiger partial charge on any atom is 0.00750 e. The average Bonchev–Trinajstić information content (AvgIpc) is 1.69. The van der Waals surface area contributed by atoms with Gasteiger partial charge in [-0.3, -0.25) is 0 Å². The maximum atomic E-state index is 5.17. The Hall–Kier alpha value is 0.503. The van der Waals surface area contributed by atoms with Crippen molar-refractivity contribution < 1.29 is 19.5 Å². The largest absolute Gasteiger partial charge is 0.329 e. The van der Waals surface area contributed by atoms with Crippen molar-refractivity contribution in [3.05, 3.63) is 0 Å². The first-order valence-corrected chi connectivity index (χ1v) is 2.52. The fraction of sp³-hybridized carbons (Fsp3) is 1.00. The Kier molecular flexibility index (Phi) is 14.8. The number of nitrogens with one attached hydrogen (secondary N) is 1. The van der Waals surface area contributed by atoms with Crippen LogP contribution in [0.2, 0.25) is 0 Å². The molecule has 0 aromatic carbocycles. The number of nitrogens with two attached hydrogens (primary N) is 2. The van der Waals surface area contributed by atoms with Crippen LogP contribution in [-0.2, 0) is 19.5 Å². The smallest absolute Gasteiger partial charge is 0.00750 e. The first kappa shape index (κ1) is 11.3. The van der Waals surface area contributed by atoms with E-state index >= 15 is 0 Å². The molecule has 5 N–H and O–H groups in total. The molecule has 0 rings (SSSR count). The van der Waals surface area contributed by atoms with E-state index in [0.29, 0.717) is 13.1 Å². The minimum absolute atomic E-state index is 0. The second kappa shape index (κ2) is 10.5. The fourth-order valence-corrected chi connectivity index (χ4v) is 0.329. The average molecular weight is 169 g/mol. The Bertz CT molecular complexity index is 30.5. The Morgan fingerprint density at radius 2 is 1.38 bits per heavy atom. The first-order valence-electron chi connectivity index (χ1n) is 2.52. The molecular formula is C4H13N3Zn. The topological polar surface area (TPSA) is 64.1 Å². The molecule has 3 nitrogen and oxygen atoms in total. The summed E-state index contributed by atoms with van der Waals surface area (Å²) in [4.78, 5) is 0. The van der Waals surface area contributed by atoms with Crippen molar-refractivity contribution in [2.75, 3.05) is 26.2 Å². The quantitative estimate of drug-likeness (QED) is 0.353. The Morgan fingerprint density at radius 3 is 1.62 bits per heavy atom. The van der Waals surface area contributed by atoms with E-state index in [-0.39, 0.29) is 19.5 Å². The summed E-state index contributed by atoms with van der Waals surface area (Å²) in [6, 6.07) is 0. The van der Waals surface area contributed by atoms with Gasteiger partial charge in [0.25, 0.3) is 0 Å². The van der Waals surface area contributed by atoms with Crippen LogP contribution in [0.3, 0.4) is 0 Å². The summed E-state index contributed by atoms with van der Waals surface area (Å²) in [5.41, 5.74) is 10.3. The van der Waals surface area contributed by atoms with Gasteiger partial charge in [0.05, 0.1) is 0 Å². The van der Waals surface area contributed by atoms with Gasteiger partial charge in [0.15, 0.2) is 0 Å². The normalized spacial score (nSPS) is 8.25. The van der Waals surface area contributed by atoms with Gasteiger partial charge in [-0.1, -0.05) is 0 Å². The fourth-order valence-electron chi connectivity index (χ4n) is 0.329. The van der Waals surface area contributed by atoms with E-state index < -0.39 is 0 Å². The predicted molar refractivity (Wildman–Crippen MR) is 31.0 cm³/mol. The van der Waals surface area contributed by atoms with Gasteiger partial charge in [0.1, 0.15) is 0 Å². The van der Waals surface area contributed by atoms with Gasteiger partial charge in [-0.25, -0.2) is 0 Å². The van der Waals surface area contributed by atoms with Gasteiger partial charge in [-0.05, 0) is 0 Å². The van der Waals surface area contributed by atoms with E-state index in [0.717, 1.165) is 13.1 Å². The zero-order valence-electron chi connectivity index (χ0n) is 5.19. The summed E-state index contributed by atoms with van der Waals surface area (Å²) in [5, 5.41) is 3.03. The minimum atomic E-state index is 0. The molecular weight excluding hydrogens is 155 g/mol. The molecule has 0 unspecified atom stereocenters. The third kappa shape index (κ3) is 9.71. The minimum Gasteiger partial charge on any atom is -0.329 e. The molecule has 0 bridgehead atoms. The monoisotopic (exact) mass is 167 g/mol. The SMILES string of the molecule is NCCNCCN.[Zn]. The van der Waals surface area contributed by atoms with Crippen LogP contribution in [-0.4, -0.2) is 26.2 Å². The molecule has 0 fully saturated rings. The molecule has 0 spiro atoms. The van der Waals surface area contributed by atoms with E-state index in [1.54, 1.807) is 0 Å². The summed E-state index contributed by atoms with van der Waals surface area (Å²) in [5.74, 6) is 0. The molecule has 0 atom stereocenters. The molecule has 0 aliphatic rings. The Balaban J connectivity index is 0. The van der Waals surface area contributed by atoms with Crippen LogP contribution in [0, 0.1) is 0 Å². The van der Waals surface area contributed by atoms with Gasteiger partial charge in [-0.2, -0.15) is 0 Å². The number of hydrogen-bond acceptors (Lipinski definition) is 3. The molecule has 4 heteroatoms. The summed E-state index contributed by atoms with van der Waals surface area (Å²) in [6.07, 6.45) is 0. The van der Waals surface area contributed by atoms with Gasteiger partial charge in [-0.15, -0.1) is 0 Å². The van der Waals surface area contributed by atoms with Crippen LogP contribution < -0.4 is 16.8 Å². The molecule has 0 aromatic heterocycles. The van der Waals surface area contributed by atoms with Crippen molar-refractivity contribution in [1.82, 2.24) is 5.32 Å². The molecule has 0 aliphatic heterocycles. The zero-order valence-corrected chi connectivity index (χ0v) is 8.16. The summed E-state index contributed by atoms with van der Waals surface area (Å²) in [6.45, 7) is 3.13. The number of hydrogen-bond donors (Lipinski definition) is 3. The van der Waals surface area contributed by atoms with Crippen molar-refractivity contribution in [1.29, 1.82) is 0 Å².